The van der Waals surface area contributed by atoms with Crippen molar-refractivity contribution in [1.29, 1.82) is 0 Å². The zero-order valence-electron chi connectivity index (χ0n) is 75.5. The van der Waals surface area contributed by atoms with Crippen molar-refractivity contribution in [3.8, 4) is 0 Å². The molecular weight excluding hydrogens is 2240 g/mol. The van der Waals surface area contributed by atoms with E-state index >= 15 is 19.2 Å². The van der Waals surface area contributed by atoms with Crippen molar-refractivity contribution in [2.75, 3.05) is 79.3 Å². The second-order valence-corrected chi connectivity index (χ2v) is 46.5. The van der Waals surface area contributed by atoms with E-state index in [2.05, 4.69) is 0 Å². The number of unbranched alkanes of at least 4 members (excludes halogenated alkanes) is 8. The van der Waals surface area contributed by atoms with Crippen molar-refractivity contribution in [1.82, 2.24) is 0 Å². The molecule has 125 heavy (non-hydrogen) atoms. The van der Waals surface area contributed by atoms with Gasteiger partial charge in [0.1, 0.15) is 31.8 Å². The Bertz CT molecular complexity index is 2650. The zero-order valence-corrected chi connectivity index (χ0v) is 90.2. The van der Waals surface area contributed by atoms with Crippen LogP contribution in [0.5, 0.6) is 0 Å². The number of rotatable bonds is 76. The van der Waals surface area contributed by atoms with Gasteiger partial charge in [0.05, 0.1) is 137 Å². The van der Waals surface area contributed by atoms with Gasteiger partial charge in [0.2, 0.25) is 0 Å². The SMILES string of the molecule is CCCCOC(=O)C(CC(Cl)CC(Cl)I)CC(CC(C)C(=O)OCC(COC(=O)C(C)CC(CC(CC(Cl)CC(Cl)I)C(=O)OCCCC)C(=O)OCCCC)(COC(=O)C(C)CC(CC(CC(Cl)CC(Cl)I)C(=O)OCCCC)C(=O)OCCCC)COC(=O)C(C)CC(CC(CC(Cl)CC(Cl)I)C(=O)OCCCC)C(=O)OCCCC)C(=O)OCCCC. The van der Waals surface area contributed by atoms with E-state index in [9.17, 15) is 38.4 Å². The lowest BCUT2D eigenvalue weighted by Gasteiger charge is -2.33. The van der Waals surface area contributed by atoms with E-state index in [0.29, 0.717) is 128 Å². The maximum absolute atomic E-state index is 15.2. The molecule has 0 aromatic rings. The number of hydrogen-bond acceptors (Lipinski definition) is 24. The Morgan fingerprint density at radius 1 is 0.208 bits per heavy atom. The summed E-state index contributed by atoms with van der Waals surface area (Å²) in [7, 11) is 0. The summed E-state index contributed by atoms with van der Waals surface area (Å²) in [6.07, 6.45) is 9.31. The van der Waals surface area contributed by atoms with Gasteiger partial charge in [0.25, 0.3) is 0 Å². The Balaban J connectivity index is 9.21. The molecular formula is C89H144Cl8I4O24. The molecule has 24 nitrogen and oxygen atoms in total. The lowest BCUT2D eigenvalue weighted by Crippen LogP contribution is -2.45. The molecule has 20 atom stereocenters. The Kier molecular flexibility index (Phi) is 73.5. The van der Waals surface area contributed by atoms with Gasteiger partial charge in [-0.15, -0.1) is 92.8 Å². The molecule has 36 heteroatoms. The van der Waals surface area contributed by atoms with Gasteiger partial charge in [0, 0.05) is 21.5 Å². The average molecular weight is 2390 g/mol. The molecule has 0 aromatic carbocycles. The highest BCUT2D eigenvalue weighted by Crippen LogP contribution is 2.38. The van der Waals surface area contributed by atoms with Gasteiger partial charge < -0.3 is 56.8 Å². The van der Waals surface area contributed by atoms with Gasteiger partial charge in [-0.25, -0.2) is 0 Å². The standard InChI is InChI=1S/C89H144Cl8I4O24/c1-13-21-29-114-81(106)61(41-65(45-69(90)49-73(94)98)85(110)118-33-25-17-5)37-57(9)77(102)122-53-89(54-123-78(103)58(10)38-62(82(107)115-30-22-14-2)42-66(46-70(91)50-74(95)99)86(111)119-34-26-18-6,55-124-79(104)59(11)39-63(83(108)116-31-23-15-3)43-67(47-71(92)51-75(96)100)87(112)120-35-27-19-7)56-125-80(105)60(12)40-64(84(109)117-32-24-16-4)44-68(48-72(93)52-76(97)101)88(113)121-36-28-20-8/h57-76H,13-56H2,1-12H3. The number of hydrogen-bond donors (Lipinski definition) is 0. The zero-order chi connectivity index (χ0) is 94.6. The van der Waals surface area contributed by atoms with E-state index < -0.39 is 210 Å². The normalized spacial score (nSPS) is 16.9. The Morgan fingerprint density at radius 3 is 0.472 bits per heavy atom. The lowest BCUT2D eigenvalue weighted by atomic mass is 9.84. The topological polar surface area (TPSA) is 316 Å². The van der Waals surface area contributed by atoms with Crippen LogP contribution in [0.1, 0.15) is 289 Å². The molecule has 0 saturated carbocycles. The molecule has 0 saturated heterocycles. The summed E-state index contributed by atoms with van der Waals surface area (Å²) < 4.78 is 69.6. The van der Waals surface area contributed by atoms with Crippen LogP contribution in [0.15, 0.2) is 0 Å². The van der Waals surface area contributed by atoms with Crippen LogP contribution in [0.25, 0.3) is 0 Å². The van der Waals surface area contributed by atoms with E-state index in [0.717, 1.165) is 0 Å². The molecule has 0 heterocycles. The summed E-state index contributed by atoms with van der Waals surface area (Å²) in [5, 5.41) is -2.56. The summed E-state index contributed by atoms with van der Waals surface area (Å²) in [6, 6.07) is 0. The van der Waals surface area contributed by atoms with E-state index in [4.69, 9.17) is 150 Å². The van der Waals surface area contributed by atoms with E-state index in [-0.39, 0.29) is 130 Å². The second kappa shape index (κ2) is 74.2. The van der Waals surface area contributed by atoms with Gasteiger partial charge in [0.15, 0.2) is 0 Å². The van der Waals surface area contributed by atoms with Gasteiger partial charge in [-0.2, -0.15) is 0 Å². The molecule has 0 bridgehead atoms. The highest BCUT2D eigenvalue weighted by atomic mass is 127. The van der Waals surface area contributed by atoms with Gasteiger partial charge >= 0.3 is 71.6 Å². The van der Waals surface area contributed by atoms with E-state index in [1.165, 1.54) is 27.7 Å². The third-order valence-corrected chi connectivity index (χ3v) is 25.2. The molecule has 0 amide bonds. The lowest BCUT2D eigenvalue weighted by molar-refractivity contribution is -0.176. The molecule has 0 fully saturated rings. The first-order valence-electron chi connectivity index (χ1n) is 44.9. The molecule has 0 rings (SSSR count). The molecule has 0 aromatic heterocycles. The van der Waals surface area contributed by atoms with Crippen LogP contribution in [-0.2, 0) is 114 Å². The summed E-state index contributed by atoms with van der Waals surface area (Å²) in [5.41, 5.74) is -2.13. The van der Waals surface area contributed by atoms with Crippen LogP contribution in [-0.4, -0.2) is 186 Å². The second-order valence-electron chi connectivity index (χ2n) is 33.0. The van der Waals surface area contributed by atoms with Crippen LogP contribution in [0, 0.1) is 76.4 Å². The van der Waals surface area contributed by atoms with Crippen molar-refractivity contribution >= 4 is 255 Å². The molecule has 0 aliphatic rings. The largest absolute Gasteiger partial charge is 0.465 e. The van der Waals surface area contributed by atoms with Crippen molar-refractivity contribution in [3.63, 3.8) is 0 Å². The number of alkyl halides is 12. The molecule has 728 valence electrons. The summed E-state index contributed by atoms with van der Waals surface area (Å²) >= 11 is 61.0. The first kappa shape index (κ1) is 124. The van der Waals surface area contributed by atoms with Crippen LogP contribution in [0.4, 0.5) is 0 Å². The van der Waals surface area contributed by atoms with Gasteiger partial charge in [-0.1, -0.05) is 225 Å². The predicted molar refractivity (Wildman–Crippen MR) is 525 cm³/mol. The molecule has 0 aliphatic heterocycles. The first-order chi connectivity index (χ1) is 59.2. The van der Waals surface area contributed by atoms with Crippen LogP contribution >= 0.6 is 183 Å². The summed E-state index contributed by atoms with van der Waals surface area (Å²) in [5.74, 6) is -22.6. The Labute approximate surface area is 840 Å². The summed E-state index contributed by atoms with van der Waals surface area (Å²) in [4.78, 5) is 174. The number of halogens is 12. The van der Waals surface area contributed by atoms with E-state index in [1.54, 1.807) is 0 Å². The van der Waals surface area contributed by atoms with Gasteiger partial charge in [-0.05, 0) is 154 Å². The van der Waals surface area contributed by atoms with Crippen LogP contribution in [0.2, 0.25) is 0 Å². The maximum atomic E-state index is 15.2. The monoisotopic (exact) mass is 2380 g/mol. The molecule has 0 N–H and O–H groups in total. The Morgan fingerprint density at radius 2 is 0.344 bits per heavy atom. The van der Waals surface area contributed by atoms with Gasteiger partial charge in [-0.3, -0.25) is 57.5 Å². The molecule has 0 aliphatic carbocycles. The highest BCUT2D eigenvalue weighted by molar-refractivity contribution is 14.1. The first-order valence-corrected chi connectivity index (χ1v) is 53.4. The van der Waals surface area contributed by atoms with E-state index in [1.807, 2.05) is 146 Å². The number of esters is 12. The van der Waals surface area contributed by atoms with Crippen molar-refractivity contribution < 1.29 is 114 Å². The number of ether oxygens (including phenoxy) is 12. The van der Waals surface area contributed by atoms with Crippen molar-refractivity contribution in [2.45, 2.75) is 324 Å². The average Bonchev–Trinajstić information content (AvgIpc) is 0.835. The molecule has 0 spiro atoms. The Hall–Kier alpha value is -1.12. The quantitative estimate of drug-likeness (QED) is 0.0179. The molecule has 0 radical (unpaired) electrons. The minimum absolute atomic E-state index is 0.0214. The fourth-order valence-corrected chi connectivity index (χ4v) is 19.8. The highest BCUT2D eigenvalue weighted by Gasteiger charge is 2.44. The maximum Gasteiger partial charge on any atom is 0.309 e. The smallest absolute Gasteiger partial charge is 0.309 e. The van der Waals surface area contributed by atoms with Crippen molar-refractivity contribution in [3.05, 3.63) is 0 Å². The van der Waals surface area contributed by atoms with Crippen LogP contribution in [0.3, 0.4) is 0 Å². The third-order valence-electron chi connectivity index (χ3n) is 21.0. The number of carbonyl (C=O) groups is 12. The fourth-order valence-electron chi connectivity index (χ4n) is 13.4. The van der Waals surface area contributed by atoms with Crippen LogP contribution < -0.4 is 0 Å². The summed E-state index contributed by atoms with van der Waals surface area (Å²) in [6.45, 7) is 18.2. The van der Waals surface area contributed by atoms with Crippen molar-refractivity contribution in [2.24, 2.45) is 76.4 Å². The third kappa shape index (κ3) is 58.7. The minimum atomic E-state index is -2.13. The molecule has 20 unspecified atom stereocenters. The fraction of sp³-hybridized carbons (Fsp3) is 0.865. The minimum Gasteiger partial charge on any atom is -0.465 e. The number of carbonyl (C=O) groups excluding carboxylic acids is 12. The predicted octanol–water partition coefficient (Wildman–Crippen LogP) is 23.0.